The maximum Gasteiger partial charge on any atom is 0.191 e. The quantitative estimate of drug-likeness (QED) is 0.326. The normalized spacial score (nSPS) is 11.4. The number of hydrogen-bond acceptors (Lipinski definition) is 5. The molecule has 2 aromatic carbocycles. The lowest BCUT2D eigenvalue weighted by atomic mass is 10.2. The van der Waals surface area contributed by atoms with E-state index in [1.807, 2.05) is 44.2 Å². The average Bonchev–Trinajstić information content (AvgIpc) is 3.12. The Balaban J connectivity index is 1.70. The van der Waals surface area contributed by atoms with E-state index in [1.165, 1.54) is 0 Å². The van der Waals surface area contributed by atoms with Gasteiger partial charge in [-0.1, -0.05) is 23.7 Å². The van der Waals surface area contributed by atoms with Gasteiger partial charge in [0.1, 0.15) is 11.5 Å². The number of nitrogens with one attached hydrogen (secondary N) is 2. The predicted octanol–water partition coefficient (Wildman–Crippen LogP) is 5.20. The molecule has 0 aliphatic carbocycles. The van der Waals surface area contributed by atoms with Gasteiger partial charge in [0.2, 0.25) is 0 Å². The van der Waals surface area contributed by atoms with Crippen LogP contribution in [0.25, 0.3) is 11.0 Å². The Morgan fingerprint density at radius 1 is 1.21 bits per heavy atom. The van der Waals surface area contributed by atoms with Crippen LogP contribution < -0.4 is 20.2 Å². The first-order chi connectivity index (χ1) is 13.5. The fourth-order valence-electron chi connectivity index (χ4n) is 2.58. The summed E-state index contributed by atoms with van der Waals surface area (Å²) in [5.74, 6) is 1.93. The maximum atomic E-state index is 6.12. The smallest absolute Gasteiger partial charge is 0.191 e. The lowest BCUT2D eigenvalue weighted by Gasteiger charge is -2.09. The lowest BCUT2D eigenvalue weighted by Crippen LogP contribution is -2.24. The van der Waals surface area contributed by atoms with E-state index in [2.05, 4.69) is 15.8 Å². The number of ether oxygens (including phenoxy) is 2. The number of hydrogen-bond donors (Lipinski definition) is 2. The highest BCUT2D eigenvalue weighted by atomic mass is 35.5. The number of rotatable bonds is 6. The molecule has 0 unspecified atom stereocenters. The molecule has 8 heteroatoms. The van der Waals surface area contributed by atoms with E-state index >= 15 is 0 Å². The molecule has 2 N–H and O–H groups in total. The van der Waals surface area contributed by atoms with Crippen molar-refractivity contribution in [2.75, 3.05) is 19.0 Å². The summed E-state index contributed by atoms with van der Waals surface area (Å²) in [5, 5.41) is 9.07. The van der Waals surface area contributed by atoms with Crippen molar-refractivity contribution in [3.05, 3.63) is 53.2 Å². The Hall–Kier alpha value is -2.77. The molecule has 0 saturated heterocycles. The molecule has 146 valence electrons. The minimum Gasteiger partial charge on any atom is -0.495 e. The summed E-state index contributed by atoms with van der Waals surface area (Å²) in [4.78, 5) is 0. The largest absolute Gasteiger partial charge is 0.495 e. The van der Waals surface area contributed by atoms with Crippen LogP contribution in [0.2, 0.25) is 5.02 Å². The SMILES string of the molecule is CCOc1cccc2cc(/C(C)=N\NC(=S)Nc3ccc(OC)c(Cl)c3)oc12. The zero-order valence-corrected chi connectivity index (χ0v) is 17.3. The number of hydrazone groups is 1. The first kappa shape index (κ1) is 20.0. The van der Waals surface area contributed by atoms with Gasteiger partial charge in [-0.3, -0.25) is 5.43 Å². The van der Waals surface area contributed by atoms with Crippen LogP contribution in [0.5, 0.6) is 11.5 Å². The molecule has 3 aromatic rings. The van der Waals surface area contributed by atoms with Gasteiger partial charge in [-0.05, 0) is 56.4 Å². The molecule has 0 atom stereocenters. The van der Waals surface area contributed by atoms with Crippen LogP contribution >= 0.6 is 23.8 Å². The fraction of sp³-hybridized carbons (Fsp3) is 0.200. The number of nitrogens with zero attached hydrogens (tertiary/aromatic N) is 1. The fourth-order valence-corrected chi connectivity index (χ4v) is 3.00. The van der Waals surface area contributed by atoms with Crippen LogP contribution in [-0.2, 0) is 0 Å². The van der Waals surface area contributed by atoms with Crippen molar-refractivity contribution in [1.29, 1.82) is 0 Å². The Morgan fingerprint density at radius 3 is 2.75 bits per heavy atom. The highest BCUT2D eigenvalue weighted by Gasteiger charge is 2.11. The van der Waals surface area contributed by atoms with Gasteiger partial charge in [-0.25, -0.2) is 0 Å². The summed E-state index contributed by atoms with van der Waals surface area (Å²) in [7, 11) is 1.56. The second-order valence-corrected chi connectivity index (χ2v) is 6.65. The summed E-state index contributed by atoms with van der Waals surface area (Å²) < 4.78 is 16.6. The third kappa shape index (κ3) is 4.55. The van der Waals surface area contributed by atoms with Crippen LogP contribution in [0.1, 0.15) is 19.6 Å². The number of halogens is 1. The van der Waals surface area contributed by atoms with E-state index in [9.17, 15) is 0 Å². The van der Waals surface area contributed by atoms with E-state index < -0.39 is 0 Å². The standard InChI is InChI=1S/C20H20ClN3O3S/c1-4-26-17-7-5-6-13-10-18(27-19(13)17)12(2)23-24-20(28)22-14-8-9-16(25-3)15(21)11-14/h5-11H,4H2,1-3H3,(H2,22,24,28)/b23-12-. The molecule has 0 fully saturated rings. The summed E-state index contributed by atoms with van der Waals surface area (Å²) in [6.45, 7) is 4.33. The minimum absolute atomic E-state index is 0.326. The molecular weight excluding hydrogens is 398 g/mol. The van der Waals surface area contributed by atoms with Gasteiger partial charge in [0.05, 0.1) is 18.7 Å². The van der Waals surface area contributed by atoms with E-state index in [-0.39, 0.29) is 0 Å². The molecule has 0 saturated carbocycles. The molecule has 0 aliphatic heterocycles. The third-order valence-electron chi connectivity index (χ3n) is 3.90. The van der Waals surface area contributed by atoms with Crippen molar-refractivity contribution in [2.45, 2.75) is 13.8 Å². The van der Waals surface area contributed by atoms with Gasteiger partial charge < -0.3 is 19.2 Å². The second-order valence-electron chi connectivity index (χ2n) is 5.83. The maximum absolute atomic E-state index is 6.12. The van der Waals surface area contributed by atoms with Gasteiger partial charge >= 0.3 is 0 Å². The highest BCUT2D eigenvalue weighted by Crippen LogP contribution is 2.29. The Kier molecular flexibility index (Phi) is 6.38. The number of fused-ring (bicyclic) bond motifs is 1. The molecule has 3 rings (SSSR count). The first-order valence-electron chi connectivity index (χ1n) is 8.62. The van der Waals surface area contributed by atoms with Crippen molar-refractivity contribution in [2.24, 2.45) is 5.10 Å². The van der Waals surface area contributed by atoms with Crippen molar-refractivity contribution < 1.29 is 13.9 Å². The van der Waals surface area contributed by atoms with Crippen LogP contribution in [-0.4, -0.2) is 24.5 Å². The third-order valence-corrected chi connectivity index (χ3v) is 4.39. The monoisotopic (exact) mass is 417 g/mol. The Labute approximate surface area is 173 Å². The van der Waals surface area contributed by atoms with E-state index in [0.717, 1.165) is 11.1 Å². The number of furan rings is 1. The average molecular weight is 418 g/mol. The van der Waals surface area contributed by atoms with Crippen LogP contribution in [0.3, 0.4) is 0 Å². The van der Waals surface area contributed by atoms with Gasteiger partial charge in [0.25, 0.3) is 0 Å². The van der Waals surface area contributed by atoms with Crippen molar-refractivity contribution in [3.8, 4) is 11.5 Å². The van der Waals surface area contributed by atoms with Gasteiger partial charge in [0.15, 0.2) is 22.2 Å². The van der Waals surface area contributed by atoms with Crippen molar-refractivity contribution in [1.82, 2.24) is 5.43 Å². The van der Waals surface area contributed by atoms with Crippen LogP contribution in [0.15, 0.2) is 52.0 Å². The molecule has 28 heavy (non-hydrogen) atoms. The molecule has 1 aromatic heterocycles. The number of para-hydroxylation sites is 1. The van der Waals surface area contributed by atoms with E-state index in [4.69, 9.17) is 37.7 Å². The number of thiocarbonyl (C=S) groups is 1. The van der Waals surface area contributed by atoms with E-state index in [1.54, 1.807) is 19.2 Å². The summed E-state index contributed by atoms with van der Waals surface area (Å²) in [6.07, 6.45) is 0. The molecule has 1 heterocycles. The zero-order valence-electron chi connectivity index (χ0n) is 15.7. The minimum atomic E-state index is 0.326. The second kappa shape index (κ2) is 8.95. The topological polar surface area (TPSA) is 68.0 Å². The molecule has 6 nitrogen and oxygen atoms in total. The van der Waals surface area contributed by atoms with E-state index in [0.29, 0.717) is 45.3 Å². The summed E-state index contributed by atoms with van der Waals surface area (Å²) in [5.41, 5.74) is 4.87. The molecule has 0 amide bonds. The first-order valence-corrected chi connectivity index (χ1v) is 9.41. The van der Waals surface area contributed by atoms with Crippen molar-refractivity contribution in [3.63, 3.8) is 0 Å². The van der Waals surface area contributed by atoms with Crippen LogP contribution in [0.4, 0.5) is 5.69 Å². The molecule has 0 spiro atoms. The van der Waals surface area contributed by atoms with Gasteiger partial charge in [-0.2, -0.15) is 5.10 Å². The summed E-state index contributed by atoms with van der Waals surface area (Å²) >= 11 is 11.4. The van der Waals surface area contributed by atoms with Gasteiger partial charge in [0, 0.05) is 11.1 Å². The number of methoxy groups -OCH3 is 1. The predicted molar refractivity (Wildman–Crippen MR) is 117 cm³/mol. The highest BCUT2D eigenvalue weighted by molar-refractivity contribution is 7.80. The Bertz CT molecular complexity index is 1030. The zero-order chi connectivity index (χ0) is 20.1. The van der Waals surface area contributed by atoms with Gasteiger partial charge in [-0.15, -0.1) is 0 Å². The Morgan fingerprint density at radius 2 is 2.04 bits per heavy atom. The number of benzene rings is 2. The lowest BCUT2D eigenvalue weighted by molar-refractivity contribution is 0.338. The molecule has 0 bridgehead atoms. The molecule has 0 radical (unpaired) electrons. The molecule has 0 aliphatic rings. The van der Waals surface area contributed by atoms with Crippen molar-refractivity contribution >= 4 is 51.3 Å². The summed E-state index contributed by atoms with van der Waals surface area (Å²) in [6, 6.07) is 13.0. The molecular formula is C20H20ClN3O3S. The number of anilines is 1. The van der Waals surface area contributed by atoms with Crippen LogP contribution in [0, 0.1) is 0 Å².